The molecule has 0 fully saturated rings. The van der Waals surface area contributed by atoms with E-state index >= 15 is 0 Å². The minimum atomic E-state index is -0.270. The Balaban J connectivity index is 1.63. The molecule has 2 heterocycles. The van der Waals surface area contributed by atoms with Gasteiger partial charge in [0.15, 0.2) is 0 Å². The van der Waals surface area contributed by atoms with Crippen molar-refractivity contribution >= 4 is 27.7 Å². The first-order valence-electron chi connectivity index (χ1n) is 8.58. The van der Waals surface area contributed by atoms with Crippen LogP contribution in [0.25, 0.3) is 21.8 Å². The molecule has 0 aliphatic heterocycles. The first kappa shape index (κ1) is 16.1. The molecule has 2 N–H and O–H groups in total. The van der Waals surface area contributed by atoms with Gasteiger partial charge < -0.3 is 14.9 Å². The molecule has 0 saturated heterocycles. The summed E-state index contributed by atoms with van der Waals surface area (Å²) in [7, 11) is 1.86. The van der Waals surface area contributed by atoms with Gasteiger partial charge in [0, 0.05) is 29.9 Å². The van der Waals surface area contributed by atoms with Crippen molar-refractivity contribution in [3.05, 3.63) is 82.3 Å². The fourth-order valence-corrected chi connectivity index (χ4v) is 3.39. The summed E-state index contributed by atoms with van der Waals surface area (Å²) < 4.78 is 1.86. The number of amides is 1. The number of pyridine rings is 1. The van der Waals surface area contributed by atoms with Crippen LogP contribution in [0.2, 0.25) is 0 Å². The number of H-pyrrole nitrogens is 1. The fourth-order valence-electron chi connectivity index (χ4n) is 3.39. The summed E-state index contributed by atoms with van der Waals surface area (Å²) in [5, 5.41) is 4.64. The van der Waals surface area contributed by atoms with Gasteiger partial charge in [-0.3, -0.25) is 9.59 Å². The van der Waals surface area contributed by atoms with Gasteiger partial charge in [0.1, 0.15) is 11.2 Å². The maximum absolute atomic E-state index is 12.5. The largest absolute Gasteiger partial charge is 0.350 e. The zero-order chi connectivity index (χ0) is 18.1. The van der Waals surface area contributed by atoms with Crippen molar-refractivity contribution in [2.75, 3.05) is 6.54 Å². The standard InChI is InChI=1S/C21H19N3O2/c1-24-18-10-6-5-9-15(18)16-13-17(23-21(26)19(16)24)20(25)22-12-11-14-7-3-2-4-8-14/h2-10,13H,11-12H2,1H3,(H,22,25)(H,23,26). The van der Waals surface area contributed by atoms with Gasteiger partial charge in [-0.1, -0.05) is 48.5 Å². The van der Waals surface area contributed by atoms with E-state index in [0.717, 1.165) is 28.3 Å². The molecule has 0 atom stereocenters. The Morgan fingerprint density at radius 1 is 1.04 bits per heavy atom. The molecule has 4 aromatic rings. The van der Waals surface area contributed by atoms with Crippen LogP contribution in [0.3, 0.4) is 0 Å². The first-order chi connectivity index (χ1) is 12.6. The maximum atomic E-state index is 12.5. The average molecular weight is 345 g/mol. The summed E-state index contributed by atoms with van der Waals surface area (Å²) in [5.74, 6) is -0.270. The Bertz CT molecular complexity index is 1160. The lowest BCUT2D eigenvalue weighted by atomic mass is 10.1. The van der Waals surface area contributed by atoms with Crippen LogP contribution in [-0.2, 0) is 13.5 Å². The minimum absolute atomic E-state index is 0.255. The molecule has 0 radical (unpaired) electrons. The van der Waals surface area contributed by atoms with Crippen LogP contribution in [0.1, 0.15) is 16.1 Å². The minimum Gasteiger partial charge on any atom is -0.350 e. The fraction of sp³-hybridized carbons (Fsp3) is 0.143. The SMILES string of the molecule is Cn1c2ccccc2c2cc(C(=O)NCCc3ccccc3)[nH]c(=O)c21. The number of rotatable bonds is 4. The Morgan fingerprint density at radius 2 is 1.77 bits per heavy atom. The number of carbonyl (C=O) groups excluding carboxylic acids is 1. The normalized spacial score (nSPS) is 11.1. The van der Waals surface area contributed by atoms with Gasteiger partial charge >= 0.3 is 0 Å². The number of benzene rings is 2. The molecule has 5 heteroatoms. The predicted octanol–water partition coefficient (Wildman–Crippen LogP) is 2.99. The number of nitrogens with zero attached hydrogens (tertiary/aromatic N) is 1. The molecule has 0 saturated carbocycles. The molecular formula is C21H19N3O2. The molecule has 26 heavy (non-hydrogen) atoms. The topological polar surface area (TPSA) is 66.9 Å². The van der Waals surface area contributed by atoms with E-state index in [4.69, 9.17) is 0 Å². The van der Waals surface area contributed by atoms with E-state index in [1.54, 1.807) is 6.07 Å². The quantitative estimate of drug-likeness (QED) is 0.597. The van der Waals surface area contributed by atoms with Crippen molar-refractivity contribution in [3.63, 3.8) is 0 Å². The summed E-state index contributed by atoms with van der Waals surface area (Å²) in [6.07, 6.45) is 0.743. The van der Waals surface area contributed by atoms with Gasteiger partial charge in [-0.05, 0) is 24.1 Å². The van der Waals surface area contributed by atoms with E-state index in [1.807, 2.05) is 66.2 Å². The molecule has 4 rings (SSSR count). The molecule has 0 spiro atoms. The number of hydrogen-bond acceptors (Lipinski definition) is 2. The van der Waals surface area contributed by atoms with Gasteiger partial charge in [0.05, 0.1) is 0 Å². The third-order valence-corrected chi connectivity index (χ3v) is 4.68. The third kappa shape index (κ3) is 2.77. The second kappa shape index (κ2) is 6.52. The number of aromatic amines is 1. The highest BCUT2D eigenvalue weighted by Crippen LogP contribution is 2.25. The highest BCUT2D eigenvalue weighted by atomic mass is 16.2. The average Bonchev–Trinajstić information content (AvgIpc) is 2.96. The van der Waals surface area contributed by atoms with Crippen molar-refractivity contribution in [1.29, 1.82) is 0 Å². The molecule has 0 aliphatic carbocycles. The summed E-state index contributed by atoms with van der Waals surface area (Å²) in [5.41, 5.74) is 2.73. The molecule has 130 valence electrons. The van der Waals surface area contributed by atoms with Crippen LogP contribution in [-0.4, -0.2) is 22.0 Å². The molecule has 0 bridgehead atoms. The molecule has 2 aromatic heterocycles. The molecule has 0 unspecified atom stereocenters. The zero-order valence-corrected chi connectivity index (χ0v) is 14.5. The Hall–Kier alpha value is -3.34. The number of nitrogens with one attached hydrogen (secondary N) is 2. The van der Waals surface area contributed by atoms with Gasteiger partial charge in [0.2, 0.25) is 0 Å². The Labute approximate surface area is 150 Å². The molecule has 5 nitrogen and oxygen atoms in total. The summed E-state index contributed by atoms with van der Waals surface area (Å²) in [6.45, 7) is 0.512. The van der Waals surface area contributed by atoms with E-state index in [-0.39, 0.29) is 17.2 Å². The van der Waals surface area contributed by atoms with Crippen LogP contribution in [0.4, 0.5) is 0 Å². The van der Waals surface area contributed by atoms with Crippen LogP contribution < -0.4 is 10.9 Å². The van der Waals surface area contributed by atoms with Crippen molar-refractivity contribution < 1.29 is 4.79 Å². The molecule has 2 aromatic carbocycles. The van der Waals surface area contributed by atoms with Crippen LogP contribution >= 0.6 is 0 Å². The Morgan fingerprint density at radius 3 is 2.58 bits per heavy atom. The summed E-state index contributed by atoms with van der Waals surface area (Å²) >= 11 is 0. The van der Waals surface area contributed by atoms with E-state index < -0.39 is 0 Å². The third-order valence-electron chi connectivity index (χ3n) is 4.68. The van der Waals surface area contributed by atoms with E-state index in [0.29, 0.717) is 12.1 Å². The summed E-state index contributed by atoms with van der Waals surface area (Å²) in [4.78, 5) is 27.7. The number of carbonyl (C=O) groups is 1. The second-order valence-electron chi connectivity index (χ2n) is 6.34. The number of para-hydroxylation sites is 1. The lowest BCUT2D eigenvalue weighted by Gasteiger charge is -2.06. The highest BCUT2D eigenvalue weighted by Gasteiger charge is 2.15. The number of fused-ring (bicyclic) bond motifs is 3. The maximum Gasteiger partial charge on any atom is 0.273 e. The van der Waals surface area contributed by atoms with Crippen molar-refractivity contribution in [2.45, 2.75) is 6.42 Å². The number of aryl methyl sites for hydroxylation is 1. The van der Waals surface area contributed by atoms with E-state index in [1.165, 1.54) is 0 Å². The van der Waals surface area contributed by atoms with Crippen molar-refractivity contribution in [2.24, 2.45) is 7.05 Å². The van der Waals surface area contributed by atoms with E-state index in [2.05, 4.69) is 10.3 Å². The van der Waals surface area contributed by atoms with Crippen LogP contribution in [0.15, 0.2) is 65.5 Å². The highest BCUT2D eigenvalue weighted by molar-refractivity contribution is 6.09. The van der Waals surface area contributed by atoms with E-state index in [9.17, 15) is 9.59 Å². The van der Waals surface area contributed by atoms with Gasteiger partial charge in [-0.25, -0.2) is 0 Å². The summed E-state index contributed by atoms with van der Waals surface area (Å²) in [6, 6.07) is 19.5. The lowest BCUT2D eigenvalue weighted by Crippen LogP contribution is -2.28. The second-order valence-corrected chi connectivity index (χ2v) is 6.34. The molecule has 1 amide bonds. The van der Waals surface area contributed by atoms with Gasteiger partial charge in [0.25, 0.3) is 11.5 Å². The number of aromatic nitrogens is 2. The molecule has 0 aliphatic rings. The van der Waals surface area contributed by atoms with Crippen LogP contribution in [0.5, 0.6) is 0 Å². The monoisotopic (exact) mass is 345 g/mol. The smallest absolute Gasteiger partial charge is 0.273 e. The van der Waals surface area contributed by atoms with Gasteiger partial charge in [-0.15, -0.1) is 0 Å². The van der Waals surface area contributed by atoms with Crippen LogP contribution in [0, 0.1) is 0 Å². The van der Waals surface area contributed by atoms with Crippen molar-refractivity contribution in [1.82, 2.24) is 14.9 Å². The predicted molar refractivity (Wildman–Crippen MR) is 104 cm³/mol. The zero-order valence-electron chi connectivity index (χ0n) is 14.5. The lowest BCUT2D eigenvalue weighted by molar-refractivity contribution is 0.0949. The first-order valence-corrected chi connectivity index (χ1v) is 8.58. The van der Waals surface area contributed by atoms with Crippen molar-refractivity contribution in [3.8, 4) is 0 Å². The molecular weight excluding hydrogens is 326 g/mol. The van der Waals surface area contributed by atoms with Gasteiger partial charge in [-0.2, -0.15) is 0 Å². The Kier molecular flexibility index (Phi) is 4.05. The number of hydrogen-bond donors (Lipinski definition) is 2.